The predicted octanol–water partition coefficient (Wildman–Crippen LogP) is 2.42. The highest BCUT2D eigenvalue weighted by atomic mass is 31.2. The molecule has 0 aromatic carbocycles. The summed E-state index contributed by atoms with van der Waals surface area (Å²) in [6, 6.07) is 0. The van der Waals surface area contributed by atoms with E-state index in [4.69, 9.17) is 14.4 Å². The first-order chi connectivity index (χ1) is 10.8. The second-order valence-electron chi connectivity index (χ2n) is 5.73. The van der Waals surface area contributed by atoms with E-state index in [1.807, 2.05) is 0 Å². The molecule has 0 aliphatic heterocycles. The molecular formula is C14H25FNO6P. The summed E-state index contributed by atoms with van der Waals surface area (Å²) >= 11 is 0. The summed E-state index contributed by atoms with van der Waals surface area (Å²) in [5, 5.41) is 2.26. The van der Waals surface area contributed by atoms with Crippen molar-refractivity contribution in [2.24, 2.45) is 5.92 Å². The van der Waals surface area contributed by atoms with Gasteiger partial charge in [-0.1, -0.05) is 19.3 Å². The molecule has 2 N–H and O–H groups in total. The number of nitrogens with one attached hydrogen (secondary N) is 1. The molecule has 9 heteroatoms. The summed E-state index contributed by atoms with van der Waals surface area (Å²) in [4.78, 5) is 32.0. The quantitative estimate of drug-likeness (QED) is 0.395. The minimum atomic E-state index is -3.78. The molecule has 1 amide bonds. The van der Waals surface area contributed by atoms with Crippen LogP contribution in [0.1, 0.15) is 38.5 Å². The Balaban J connectivity index is 2.05. The lowest BCUT2D eigenvalue weighted by atomic mass is 9.89. The molecular weight excluding hydrogens is 328 g/mol. The van der Waals surface area contributed by atoms with E-state index in [0.29, 0.717) is 0 Å². The minimum Gasteiger partial charge on any atom is -0.462 e. The van der Waals surface area contributed by atoms with Gasteiger partial charge in [0.25, 0.3) is 0 Å². The third-order valence-corrected chi connectivity index (χ3v) is 4.97. The summed E-state index contributed by atoms with van der Waals surface area (Å²) in [5.41, 5.74) is 0. The SMILES string of the molecule is CP(=O)(O)C(F)CCNC(=O)OCCOC(=O)C1CCCCC1. The largest absolute Gasteiger partial charge is 0.462 e. The van der Waals surface area contributed by atoms with Gasteiger partial charge in [0.05, 0.1) is 5.92 Å². The monoisotopic (exact) mass is 353 g/mol. The number of ether oxygens (including phenoxy) is 2. The molecule has 0 bridgehead atoms. The fraction of sp³-hybridized carbons (Fsp3) is 0.857. The van der Waals surface area contributed by atoms with Crippen LogP contribution in [-0.2, 0) is 18.8 Å². The highest BCUT2D eigenvalue weighted by molar-refractivity contribution is 7.57. The molecule has 1 rings (SSSR count). The van der Waals surface area contributed by atoms with Gasteiger partial charge in [0.2, 0.25) is 7.37 Å². The topological polar surface area (TPSA) is 102 Å². The zero-order valence-corrected chi connectivity index (χ0v) is 14.2. The first-order valence-corrected chi connectivity index (χ1v) is 9.99. The molecule has 1 saturated carbocycles. The van der Waals surface area contributed by atoms with Gasteiger partial charge in [-0.3, -0.25) is 9.36 Å². The number of rotatable bonds is 8. The number of carbonyl (C=O) groups is 2. The average Bonchev–Trinajstić information content (AvgIpc) is 2.51. The van der Waals surface area contributed by atoms with Crippen LogP contribution in [0, 0.1) is 5.92 Å². The molecule has 7 nitrogen and oxygen atoms in total. The van der Waals surface area contributed by atoms with E-state index in [1.165, 1.54) is 0 Å². The lowest BCUT2D eigenvalue weighted by molar-refractivity contribution is -0.150. The molecule has 134 valence electrons. The normalized spacial score (nSPS) is 19.4. The first kappa shape index (κ1) is 19.9. The summed E-state index contributed by atoms with van der Waals surface area (Å²) in [7, 11) is -3.78. The van der Waals surface area contributed by atoms with Crippen LogP contribution >= 0.6 is 7.37 Å². The first-order valence-electron chi connectivity index (χ1n) is 7.82. The van der Waals surface area contributed by atoms with Crippen molar-refractivity contribution in [1.82, 2.24) is 5.32 Å². The molecule has 0 spiro atoms. The molecule has 1 fully saturated rings. The number of hydrogen-bond donors (Lipinski definition) is 2. The Morgan fingerprint density at radius 2 is 1.87 bits per heavy atom. The summed E-state index contributed by atoms with van der Waals surface area (Å²) in [6.45, 7) is 0.710. The van der Waals surface area contributed by atoms with Crippen molar-refractivity contribution in [2.45, 2.75) is 44.4 Å². The van der Waals surface area contributed by atoms with Gasteiger partial charge in [-0.25, -0.2) is 9.18 Å². The molecule has 0 heterocycles. The van der Waals surface area contributed by atoms with Crippen molar-refractivity contribution in [1.29, 1.82) is 0 Å². The van der Waals surface area contributed by atoms with Crippen LogP contribution in [0.15, 0.2) is 0 Å². The highest BCUT2D eigenvalue weighted by Crippen LogP contribution is 2.43. The zero-order chi connectivity index (χ0) is 17.3. The van der Waals surface area contributed by atoms with Crippen molar-refractivity contribution in [3.05, 3.63) is 0 Å². The number of alkyl carbamates (subject to hydrolysis) is 1. The highest BCUT2D eigenvalue weighted by Gasteiger charge is 2.25. The van der Waals surface area contributed by atoms with E-state index in [9.17, 15) is 18.5 Å². The number of amides is 1. The van der Waals surface area contributed by atoms with Crippen molar-refractivity contribution >= 4 is 19.4 Å². The fourth-order valence-corrected chi connectivity index (χ4v) is 2.92. The van der Waals surface area contributed by atoms with Gasteiger partial charge in [0, 0.05) is 19.6 Å². The van der Waals surface area contributed by atoms with Crippen LogP contribution in [0.25, 0.3) is 0 Å². The third kappa shape index (κ3) is 8.32. The number of alkyl halides is 1. The molecule has 1 aliphatic rings. The Kier molecular flexibility index (Phi) is 8.55. The molecule has 0 aromatic heterocycles. The lowest BCUT2D eigenvalue weighted by Gasteiger charge is -2.19. The Labute approximate surface area is 135 Å². The minimum absolute atomic E-state index is 0.0186. The maximum Gasteiger partial charge on any atom is 0.407 e. The van der Waals surface area contributed by atoms with Crippen LogP contribution in [0.3, 0.4) is 0 Å². The number of halogens is 1. The lowest BCUT2D eigenvalue weighted by Crippen LogP contribution is -2.29. The van der Waals surface area contributed by atoms with E-state index in [1.54, 1.807) is 0 Å². The second-order valence-corrected chi connectivity index (χ2v) is 8.18. The van der Waals surface area contributed by atoms with Crippen molar-refractivity contribution in [3.8, 4) is 0 Å². The molecule has 0 saturated heterocycles. The number of carbonyl (C=O) groups excluding carboxylic acids is 2. The maximum atomic E-state index is 13.2. The summed E-state index contributed by atoms with van der Waals surface area (Å²) < 4.78 is 34.0. The van der Waals surface area contributed by atoms with Gasteiger partial charge in [-0.05, 0) is 12.8 Å². The Morgan fingerprint density at radius 3 is 2.48 bits per heavy atom. The summed E-state index contributed by atoms with van der Waals surface area (Å²) in [5.74, 6) is -2.18. The van der Waals surface area contributed by atoms with Gasteiger partial charge in [0.15, 0.2) is 5.91 Å². The van der Waals surface area contributed by atoms with Gasteiger partial charge >= 0.3 is 12.1 Å². The molecule has 23 heavy (non-hydrogen) atoms. The van der Waals surface area contributed by atoms with Gasteiger partial charge < -0.3 is 19.7 Å². The van der Waals surface area contributed by atoms with Crippen LogP contribution in [-0.4, -0.2) is 49.3 Å². The van der Waals surface area contributed by atoms with Crippen molar-refractivity contribution in [3.63, 3.8) is 0 Å². The van der Waals surface area contributed by atoms with Crippen molar-refractivity contribution in [2.75, 3.05) is 26.4 Å². The van der Waals surface area contributed by atoms with E-state index >= 15 is 0 Å². The molecule has 0 aromatic rings. The fourth-order valence-electron chi connectivity index (χ4n) is 2.32. The average molecular weight is 353 g/mol. The van der Waals surface area contributed by atoms with Gasteiger partial charge in [-0.15, -0.1) is 0 Å². The van der Waals surface area contributed by atoms with Crippen LogP contribution in [0.4, 0.5) is 9.18 Å². The standard InChI is InChI=1S/C14H25FNO6P/c1-23(19,20)12(15)7-8-16-14(18)22-10-9-21-13(17)11-5-3-2-4-6-11/h11-12H,2-10H2,1H3,(H,16,18)(H,19,20). The second kappa shape index (κ2) is 9.88. The van der Waals surface area contributed by atoms with Crippen LogP contribution in [0.5, 0.6) is 0 Å². The van der Waals surface area contributed by atoms with Crippen molar-refractivity contribution < 1.29 is 32.9 Å². The predicted molar refractivity (Wildman–Crippen MR) is 82.1 cm³/mol. The Bertz CT molecular complexity index is 435. The third-order valence-electron chi connectivity index (χ3n) is 3.67. The van der Waals surface area contributed by atoms with Gasteiger partial charge in [-0.2, -0.15) is 0 Å². The maximum absolute atomic E-state index is 13.2. The smallest absolute Gasteiger partial charge is 0.407 e. The molecule has 2 unspecified atom stereocenters. The van der Waals surface area contributed by atoms with E-state index in [2.05, 4.69) is 5.32 Å². The molecule has 1 aliphatic carbocycles. The Hall–Kier alpha value is -1.14. The van der Waals surface area contributed by atoms with Crippen LogP contribution < -0.4 is 5.32 Å². The summed E-state index contributed by atoms with van der Waals surface area (Å²) in [6.07, 6.45) is 3.86. The van der Waals surface area contributed by atoms with Crippen LogP contribution in [0.2, 0.25) is 0 Å². The molecule has 2 atom stereocenters. The van der Waals surface area contributed by atoms with Gasteiger partial charge in [0.1, 0.15) is 13.2 Å². The number of hydrogen-bond acceptors (Lipinski definition) is 5. The zero-order valence-electron chi connectivity index (χ0n) is 13.3. The van der Waals surface area contributed by atoms with E-state index in [-0.39, 0.29) is 38.1 Å². The number of esters is 1. The Morgan fingerprint density at radius 1 is 1.26 bits per heavy atom. The molecule has 0 radical (unpaired) electrons. The van der Waals surface area contributed by atoms with E-state index < -0.39 is 19.4 Å². The van der Waals surface area contributed by atoms with E-state index in [0.717, 1.165) is 38.8 Å².